The molecule has 0 unspecified atom stereocenters. The number of quaternary nitrogens is 4. The van der Waals surface area contributed by atoms with E-state index in [-0.39, 0.29) is 0 Å². The quantitative estimate of drug-likeness (QED) is 0.438. The molecule has 4 aliphatic heterocycles. The number of hydrogen-bond donors (Lipinski definition) is 4. The molecular formula is C15H26N4O+4. The maximum absolute atomic E-state index is 5.23. The van der Waals surface area contributed by atoms with Crippen LogP contribution in [0.2, 0.25) is 0 Å². The predicted molar refractivity (Wildman–Crippen MR) is 73.4 cm³/mol. The van der Waals surface area contributed by atoms with E-state index in [1.54, 1.807) is 7.11 Å². The standard InChI is InChI=1S/C15H22N4O/c1-20-14-4-2-13(3-5-14)6-16-15-7-17-10-18(8-15)12-19(9-15)11-17/h2-5,16H,6-12H2,1H3/p+4. The number of hydrogen-bond acceptors (Lipinski definition) is 1. The van der Waals surface area contributed by atoms with Crippen LogP contribution < -0.4 is 24.8 Å². The highest BCUT2D eigenvalue weighted by Crippen LogP contribution is 2.10. The first kappa shape index (κ1) is 12.6. The third kappa shape index (κ3) is 2.20. The minimum absolute atomic E-state index is 0.481. The fraction of sp³-hybridized carbons (Fsp3) is 0.600. The van der Waals surface area contributed by atoms with E-state index in [0.29, 0.717) is 5.54 Å². The monoisotopic (exact) mass is 278 g/mol. The molecule has 5 heteroatoms. The van der Waals surface area contributed by atoms with Gasteiger partial charge in [0, 0.05) is 5.56 Å². The molecule has 5 rings (SSSR count). The summed E-state index contributed by atoms with van der Waals surface area (Å²) in [5, 5.41) is 2.62. The van der Waals surface area contributed by atoms with Crippen LogP contribution in [0.25, 0.3) is 0 Å². The highest BCUT2D eigenvalue weighted by Gasteiger charge is 2.60. The fourth-order valence-electron chi connectivity index (χ4n) is 4.62. The van der Waals surface area contributed by atoms with Crippen molar-refractivity contribution in [2.45, 2.75) is 12.1 Å². The van der Waals surface area contributed by atoms with Gasteiger partial charge in [0.25, 0.3) is 0 Å². The minimum atomic E-state index is 0.481. The van der Waals surface area contributed by atoms with E-state index < -0.39 is 0 Å². The van der Waals surface area contributed by atoms with Crippen molar-refractivity contribution in [3.63, 3.8) is 0 Å². The van der Waals surface area contributed by atoms with E-state index in [9.17, 15) is 0 Å². The zero-order valence-electron chi connectivity index (χ0n) is 12.2. The first-order valence-corrected chi connectivity index (χ1v) is 7.73. The first-order chi connectivity index (χ1) is 9.75. The van der Waals surface area contributed by atoms with Gasteiger partial charge in [-0.3, -0.25) is 0 Å². The van der Waals surface area contributed by atoms with Crippen molar-refractivity contribution in [3.8, 4) is 5.75 Å². The Morgan fingerprint density at radius 2 is 1.55 bits per heavy atom. The topological polar surface area (TPSA) is 39.2 Å². The van der Waals surface area contributed by atoms with Gasteiger partial charge in [0.1, 0.15) is 12.3 Å². The summed E-state index contributed by atoms with van der Waals surface area (Å²) in [4.78, 5) is 5.43. The van der Waals surface area contributed by atoms with Crippen LogP contribution in [0.1, 0.15) is 5.56 Å². The molecule has 4 fully saturated rings. The van der Waals surface area contributed by atoms with Crippen molar-refractivity contribution < 1.29 is 24.8 Å². The lowest BCUT2D eigenvalue weighted by Gasteiger charge is -2.50. The van der Waals surface area contributed by atoms with Gasteiger partial charge < -0.3 is 10.1 Å². The average molecular weight is 278 g/mol. The van der Waals surface area contributed by atoms with Gasteiger partial charge in [-0.25, -0.2) is 14.7 Å². The average Bonchev–Trinajstić information content (AvgIpc) is 2.44. The summed E-state index contributed by atoms with van der Waals surface area (Å²) in [6.45, 7) is 9.21. The van der Waals surface area contributed by atoms with Crippen LogP contribution in [0.3, 0.4) is 0 Å². The normalized spacial score (nSPS) is 38.1. The molecule has 4 bridgehead atoms. The van der Waals surface area contributed by atoms with Crippen LogP contribution >= 0.6 is 0 Å². The number of benzene rings is 1. The van der Waals surface area contributed by atoms with Crippen LogP contribution in [-0.2, 0) is 6.54 Å². The van der Waals surface area contributed by atoms with Crippen molar-refractivity contribution >= 4 is 0 Å². The van der Waals surface area contributed by atoms with Crippen LogP contribution in [0.5, 0.6) is 5.75 Å². The lowest BCUT2D eigenvalue weighted by molar-refractivity contribution is -1.31. The van der Waals surface area contributed by atoms with E-state index in [1.165, 1.54) is 45.2 Å². The maximum atomic E-state index is 5.23. The van der Waals surface area contributed by atoms with Gasteiger partial charge in [-0.1, -0.05) is 0 Å². The summed E-state index contributed by atoms with van der Waals surface area (Å²) in [6.07, 6.45) is 0. The number of nitrogens with two attached hydrogens (primary N) is 1. The highest BCUT2D eigenvalue weighted by atomic mass is 16.5. The lowest BCUT2D eigenvalue weighted by atomic mass is 9.90. The number of ether oxygens (including phenoxy) is 1. The van der Waals surface area contributed by atoms with Crippen molar-refractivity contribution in [2.75, 3.05) is 46.8 Å². The molecule has 0 amide bonds. The van der Waals surface area contributed by atoms with E-state index in [2.05, 4.69) is 29.6 Å². The number of methoxy groups -OCH3 is 1. The zero-order chi connectivity index (χ0) is 13.6. The fourth-order valence-corrected chi connectivity index (χ4v) is 4.62. The van der Waals surface area contributed by atoms with Gasteiger partial charge in [0.15, 0.2) is 19.6 Å². The van der Waals surface area contributed by atoms with E-state index in [1.807, 2.05) is 14.7 Å². The molecule has 1 aromatic carbocycles. The SMILES string of the molecule is COc1ccc(C[NH2+]C23C[NH+]4C[NH+](C[NH+](C4)C2)C3)cc1. The van der Waals surface area contributed by atoms with Gasteiger partial charge in [-0.05, 0) is 24.3 Å². The Labute approximate surface area is 120 Å². The Morgan fingerprint density at radius 3 is 2.05 bits per heavy atom. The molecule has 0 atom stereocenters. The smallest absolute Gasteiger partial charge is 0.244 e. The Bertz CT molecular complexity index is 452. The molecule has 5 N–H and O–H groups in total. The third-order valence-electron chi connectivity index (χ3n) is 5.24. The summed E-state index contributed by atoms with van der Waals surface area (Å²) in [7, 11) is 1.72. The largest absolute Gasteiger partial charge is 0.497 e. The van der Waals surface area contributed by atoms with Crippen LogP contribution in [0.4, 0.5) is 0 Å². The Balaban J connectivity index is 1.43. The van der Waals surface area contributed by atoms with E-state index in [0.717, 1.165) is 12.3 Å². The Kier molecular flexibility index (Phi) is 2.96. The molecule has 4 heterocycles. The van der Waals surface area contributed by atoms with Gasteiger partial charge >= 0.3 is 0 Å². The first-order valence-electron chi connectivity index (χ1n) is 7.73. The van der Waals surface area contributed by atoms with Crippen molar-refractivity contribution in [1.82, 2.24) is 0 Å². The summed E-state index contributed by atoms with van der Waals surface area (Å²) in [5.41, 5.74) is 1.89. The summed E-state index contributed by atoms with van der Waals surface area (Å²) >= 11 is 0. The number of nitrogens with one attached hydrogen (secondary N) is 3. The predicted octanol–water partition coefficient (Wildman–Crippen LogP) is -4.93. The molecule has 0 aromatic heterocycles. The zero-order valence-corrected chi connectivity index (χ0v) is 12.2. The summed E-state index contributed by atoms with van der Waals surface area (Å²) in [6, 6.07) is 8.54. The molecule has 1 aromatic rings. The molecular weight excluding hydrogens is 252 g/mol. The molecule has 20 heavy (non-hydrogen) atoms. The Hall–Kier alpha value is -1.14. The lowest BCUT2D eigenvalue weighted by Crippen LogP contribution is -3.58. The Morgan fingerprint density at radius 1 is 1.00 bits per heavy atom. The minimum Gasteiger partial charge on any atom is -0.497 e. The van der Waals surface area contributed by atoms with Crippen LogP contribution in [0.15, 0.2) is 24.3 Å². The van der Waals surface area contributed by atoms with Crippen LogP contribution in [0, 0.1) is 0 Å². The van der Waals surface area contributed by atoms with E-state index >= 15 is 0 Å². The number of rotatable bonds is 4. The highest BCUT2D eigenvalue weighted by molar-refractivity contribution is 5.26. The van der Waals surface area contributed by atoms with Gasteiger partial charge in [0.05, 0.1) is 7.11 Å². The molecule has 0 saturated carbocycles. The molecule has 4 saturated heterocycles. The molecule has 0 radical (unpaired) electrons. The van der Waals surface area contributed by atoms with Crippen LogP contribution in [-0.4, -0.2) is 52.3 Å². The second-order valence-electron chi connectivity index (χ2n) is 6.93. The summed E-state index contributed by atoms with van der Waals surface area (Å²) < 4.78 is 5.23. The van der Waals surface area contributed by atoms with Crippen molar-refractivity contribution in [1.29, 1.82) is 0 Å². The van der Waals surface area contributed by atoms with E-state index in [4.69, 9.17) is 4.74 Å². The van der Waals surface area contributed by atoms with Gasteiger partial charge in [0.2, 0.25) is 25.5 Å². The summed E-state index contributed by atoms with van der Waals surface area (Å²) in [5.74, 6) is 0.949. The third-order valence-corrected chi connectivity index (χ3v) is 5.24. The second kappa shape index (κ2) is 4.70. The molecule has 5 nitrogen and oxygen atoms in total. The van der Waals surface area contributed by atoms with Crippen molar-refractivity contribution in [2.24, 2.45) is 0 Å². The molecule has 108 valence electrons. The van der Waals surface area contributed by atoms with Gasteiger partial charge in [-0.15, -0.1) is 0 Å². The van der Waals surface area contributed by atoms with Crippen molar-refractivity contribution in [3.05, 3.63) is 29.8 Å². The molecule has 0 spiro atoms. The maximum Gasteiger partial charge on any atom is 0.244 e. The van der Waals surface area contributed by atoms with Gasteiger partial charge in [-0.2, -0.15) is 0 Å². The molecule has 0 aliphatic carbocycles. The molecule has 4 aliphatic rings. The second-order valence-corrected chi connectivity index (χ2v) is 6.93.